The highest BCUT2D eigenvalue weighted by atomic mass is 16.3. The molecule has 17 heavy (non-hydrogen) atoms. The number of nitrogens with one attached hydrogen (secondary N) is 1. The van der Waals surface area contributed by atoms with Crippen molar-refractivity contribution < 1.29 is 9.90 Å². The van der Waals surface area contributed by atoms with E-state index < -0.39 is 6.10 Å². The second kappa shape index (κ2) is 5.29. The summed E-state index contributed by atoms with van der Waals surface area (Å²) < 4.78 is 0. The van der Waals surface area contributed by atoms with Crippen LogP contribution in [0.2, 0.25) is 0 Å². The summed E-state index contributed by atoms with van der Waals surface area (Å²) in [6, 6.07) is 10.00. The molecular weight excluding hydrogens is 216 g/mol. The van der Waals surface area contributed by atoms with Gasteiger partial charge in [-0.25, -0.2) is 0 Å². The van der Waals surface area contributed by atoms with Gasteiger partial charge in [-0.2, -0.15) is 0 Å². The van der Waals surface area contributed by atoms with Crippen molar-refractivity contribution in [3.63, 3.8) is 0 Å². The summed E-state index contributed by atoms with van der Waals surface area (Å²) in [7, 11) is 0. The number of hydrogen-bond acceptors (Lipinski definition) is 3. The van der Waals surface area contributed by atoms with Crippen LogP contribution in [0.4, 0.5) is 0 Å². The Morgan fingerprint density at radius 1 is 1.41 bits per heavy atom. The monoisotopic (exact) mass is 234 g/mol. The van der Waals surface area contributed by atoms with Crippen LogP contribution in [-0.4, -0.2) is 41.1 Å². The number of nitrogens with zero attached hydrogens (tertiary/aromatic N) is 1. The van der Waals surface area contributed by atoms with Crippen molar-refractivity contribution >= 4 is 5.91 Å². The van der Waals surface area contributed by atoms with Crippen molar-refractivity contribution in [2.45, 2.75) is 25.6 Å². The maximum absolute atomic E-state index is 11.0. The summed E-state index contributed by atoms with van der Waals surface area (Å²) in [5.74, 6) is -0.0874. The molecule has 2 atom stereocenters. The smallest absolute Gasteiger partial charge is 0.217 e. The van der Waals surface area contributed by atoms with Gasteiger partial charge in [-0.15, -0.1) is 0 Å². The van der Waals surface area contributed by atoms with E-state index in [-0.39, 0.29) is 11.9 Å². The summed E-state index contributed by atoms with van der Waals surface area (Å²) in [5.41, 5.74) is 1.23. The highest BCUT2D eigenvalue weighted by molar-refractivity contribution is 5.73. The average Bonchev–Trinajstić information content (AvgIpc) is 2.59. The number of β-amino-alcohol motifs (C(OH)–C–C–N with tert-alkyl or cyclic N) is 1. The number of amides is 1. The predicted octanol–water partition coefficient (Wildman–Crippen LogP) is 0.368. The third-order valence-electron chi connectivity index (χ3n) is 3.00. The Morgan fingerprint density at radius 2 is 2.12 bits per heavy atom. The minimum absolute atomic E-state index is 0.0874. The Hall–Kier alpha value is -1.39. The second-order valence-electron chi connectivity index (χ2n) is 4.55. The first kappa shape index (κ1) is 12.1. The van der Waals surface area contributed by atoms with Crippen molar-refractivity contribution in [3.8, 4) is 0 Å². The minimum Gasteiger partial charge on any atom is -0.390 e. The van der Waals surface area contributed by atoms with Crippen LogP contribution >= 0.6 is 0 Å². The molecular formula is C13H18N2O2. The van der Waals surface area contributed by atoms with Crippen LogP contribution in [0.5, 0.6) is 0 Å². The van der Waals surface area contributed by atoms with Gasteiger partial charge in [0.2, 0.25) is 5.91 Å². The summed E-state index contributed by atoms with van der Waals surface area (Å²) in [6.07, 6.45) is -0.470. The van der Waals surface area contributed by atoms with Crippen LogP contribution in [0.25, 0.3) is 0 Å². The molecule has 1 heterocycles. The van der Waals surface area contributed by atoms with Gasteiger partial charge in [0, 0.05) is 26.6 Å². The number of carbonyl (C=O) groups is 1. The standard InChI is InChI=1S/C13H18N2O2/c1-10(16)14-12-8-15(9-13(12)17)7-11-5-3-2-4-6-11/h2-6,12-13,17H,7-9H2,1H3,(H,14,16)/t12-,13-/m1/s1. The van der Waals surface area contributed by atoms with Crippen molar-refractivity contribution in [1.82, 2.24) is 10.2 Å². The van der Waals surface area contributed by atoms with Gasteiger partial charge < -0.3 is 10.4 Å². The third kappa shape index (κ3) is 3.28. The minimum atomic E-state index is -0.470. The number of aliphatic hydroxyl groups excluding tert-OH is 1. The molecule has 1 amide bonds. The highest BCUT2D eigenvalue weighted by Crippen LogP contribution is 2.14. The first-order valence-corrected chi connectivity index (χ1v) is 5.86. The molecule has 1 saturated heterocycles. The maximum Gasteiger partial charge on any atom is 0.217 e. The lowest BCUT2D eigenvalue weighted by atomic mass is 10.2. The fourth-order valence-corrected chi connectivity index (χ4v) is 2.24. The van der Waals surface area contributed by atoms with Crippen molar-refractivity contribution in [1.29, 1.82) is 0 Å². The fourth-order valence-electron chi connectivity index (χ4n) is 2.24. The number of aliphatic hydroxyl groups is 1. The first-order chi connectivity index (χ1) is 8.15. The molecule has 1 aromatic rings. The topological polar surface area (TPSA) is 52.6 Å². The van der Waals surface area contributed by atoms with Crippen LogP contribution in [0.15, 0.2) is 30.3 Å². The predicted molar refractivity (Wildman–Crippen MR) is 65.3 cm³/mol. The molecule has 0 unspecified atom stereocenters. The van der Waals surface area contributed by atoms with E-state index >= 15 is 0 Å². The molecule has 4 heteroatoms. The zero-order chi connectivity index (χ0) is 12.3. The van der Waals surface area contributed by atoms with E-state index in [4.69, 9.17) is 0 Å². The van der Waals surface area contributed by atoms with Gasteiger partial charge in [0.1, 0.15) is 0 Å². The largest absolute Gasteiger partial charge is 0.390 e. The number of rotatable bonds is 3. The summed E-state index contributed by atoms with van der Waals surface area (Å²) in [6.45, 7) is 3.61. The van der Waals surface area contributed by atoms with Crippen LogP contribution in [-0.2, 0) is 11.3 Å². The Bertz CT molecular complexity index is 380. The van der Waals surface area contributed by atoms with Crippen molar-refractivity contribution in [2.75, 3.05) is 13.1 Å². The van der Waals surface area contributed by atoms with Gasteiger partial charge >= 0.3 is 0 Å². The van der Waals surface area contributed by atoms with Crippen molar-refractivity contribution in [3.05, 3.63) is 35.9 Å². The molecule has 0 saturated carbocycles. The van der Waals surface area contributed by atoms with E-state index in [1.54, 1.807) is 0 Å². The lowest BCUT2D eigenvalue weighted by molar-refractivity contribution is -0.120. The van der Waals surface area contributed by atoms with Crippen LogP contribution in [0.1, 0.15) is 12.5 Å². The number of hydrogen-bond donors (Lipinski definition) is 2. The molecule has 0 spiro atoms. The Labute approximate surface area is 101 Å². The average molecular weight is 234 g/mol. The van der Waals surface area contributed by atoms with Crippen LogP contribution in [0.3, 0.4) is 0 Å². The molecule has 1 aromatic carbocycles. The van der Waals surface area contributed by atoms with Crippen LogP contribution in [0, 0.1) is 0 Å². The van der Waals surface area contributed by atoms with E-state index in [1.165, 1.54) is 12.5 Å². The molecule has 2 N–H and O–H groups in total. The van der Waals surface area contributed by atoms with Gasteiger partial charge in [-0.1, -0.05) is 30.3 Å². The van der Waals surface area contributed by atoms with E-state index in [0.717, 1.165) is 6.54 Å². The summed E-state index contributed by atoms with van der Waals surface area (Å²) in [4.78, 5) is 13.1. The lowest BCUT2D eigenvalue weighted by Crippen LogP contribution is -2.41. The fraction of sp³-hybridized carbons (Fsp3) is 0.462. The van der Waals surface area contributed by atoms with Gasteiger partial charge in [0.25, 0.3) is 0 Å². The number of benzene rings is 1. The van der Waals surface area contributed by atoms with Crippen molar-refractivity contribution in [2.24, 2.45) is 0 Å². The Morgan fingerprint density at radius 3 is 2.76 bits per heavy atom. The SMILES string of the molecule is CC(=O)N[C@@H]1CN(Cc2ccccc2)C[C@H]1O. The number of likely N-dealkylation sites (tertiary alicyclic amines) is 1. The van der Waals surface area contributed by atoms with E-state index in [9.17, 15) is 9.90 Å². The normalized spacial score (nSPS) is 24.8. The molecule has 1 aliphatic heterocycles. The van der Waals surface area contributed by atoms with E-state index in [0.29, 0.717) is 13.1 Å². The van der Waals surface area contributed by atoms with Crippen LogP contribution < -0.4 is 5.32 Å². The molecule has 1 aliphatic rings. The maximum atomic E-state index is 11.0. The zero-order valence-corrected chi connectivity index (χ0v) is 9.97. The van der Waals surface area contributed by atoms with Gasteiger partial charge in [0.05, 0.1) is 12.1 Å². The molecule has 0 aromatic heterocycles. The summed E-state index contributed by atoms with van der Waals surface area (Å²) >= 11 is 0. The first-order valence-electron chi connectivity index (χ1n) is 5.86. The second-order valence-corrected chi connectivity index (χ2v) is 4.55. The Balaban J connectivity index is 1.91. The molecule has 1 fully saturated rings. The van der Waals surface area contributed by atoms with E-state index in [1.807, 2.05) is 18.2 Å². The quantitative estimate of drug-likeness (QED) is 0.794. The Kier molecular flexibility index (Phi) is 3.76. The molecule has 92 valence electrons. The highest BCUT2D eigenvalue weighted by Gasteiger charge is 2.31. The molecule has 0 bridgehead atoms. The molecule has 0 radical (unpaired) electrons. The summed E-state index contributed by atoms with van der Waals surface area (Å²) in [5, 5.41) is 12.6. The van der Waals surface area contributed by atoms with Gasteiger partial charge in [-0.3, -0.25) is 9.69 Å². The zero-order valence-electron chi connectivity index (χ0n) is 9.97. The number of carbonyl (C=O) groups excluding carboxylic acids is 1. The van der Waals surface area contributed by atoms with E-state index in [2.05, 4.69) is 22.3 Å². The molecule has 4 nitrogen and oxygen atoms in total. The third-order valence-corrected chi connectivity index (χ3v) is 3.00. The lowest BCUT2D eigenvalue weighted by Gasteiger charge is -2.15. The molecule has 0 aliphatic carbocycles. The molecule has 2 rings (SSSR count). The van der Waals surface area contributed by atoms with Gasteiger partial charge in [0.15, 0.2) is 0 Å². The van der Waals surface area contributed by atoms with Gasteiger partial charge in [-0.05, 0) is 5.56 Å².